The van der Waals surface area contributed by atoms with Crippen LogP contribution in [-0.4, -0.2) is 61.4 Å². The molecule has 3 aromatic carbocycles. The zero-order valence-electron chi connectivity index (χ0n) is 20.7. The van der Waals surface area contributed by atoms with E-state index < -0.39 is 5.97 Å². The zero-order chi connectivity index (χ0) is 26.1. The van der Waals surface area contributed by atoms with Gasteiger partial charge < -0.3 is 25.5 Å². The van der Waals surface area contributed by atoms with Crippen molar-refractivity contribution in [2.75, 3.05) is 49.3 Å². The lowest BCUT2D eigenvalue weighted by Crippen LogP contribution is -2.33. The fourth-order valence-electron chi connectivity index (χ4n) is 4.91. The highest BCUT2D eigenvalue weighted by Crippen LogP contribution is 2.39. The van der Waals surface area contributed by atoms with Crippen LogP contribution in [-0.2, 0) is 16.0 Å². The molecule has 188 valence electrons. The van der Waals surface area contributed by atoms with Crippen LogP contribution in [0.15, 0.2) is 66.7 Å². The Bertz CT molecular complexity index is 1430. The molecule has 0 radical (unpaired) electrons. The zero-order valence-corrected chi connectivity index (χ0v) is 20.7. The minimum absolute atomic E-state index is 0.113. The Hall–Kier alpha value is -4.43. The maximum Gasteiger partial charge on any atom is 0.335 e. The number of carbonyl (C=O) groups is 3. The lowest BCUT2D eigenvalue weighted by atomic mass is 9.99. The molecule has 0 aliphatic carbocycles. The number of rotatable bonds is 8. The van der Waals surface area contributed by atoms with Crippen LogP contribution in [0.4, 0.5) is 17.1 Å². The summed E-state index contributed by atoms with van der Waals surface area (Å²) in [5.74, 6) is -1.17. The number of aromatic carboxylic acids is 1. The van der Waals surface area contributed by atoms with Gasteiger partial charge in [-0.2, -0.15) is 0 Å². The van der Waals surface area contributed by atoms with Crippen LogP contribution in [0.25, 0.3) is 11.3 Å². The third-order valence-electron chi connectivity index (χ3n) is 6.52. The van der Waals surface area contributed by atoms with Crippen LogP contribution in [0, 0.1) is 0 Å². The number of hydrogen-bond acceptors (Lipinski definition) is 6. The number of hydrogen-bond donors (Lipinski definition) is 3. The van der Waals surface area contributed by atoms with Gasteiger partial charge in [0.05, 0.1) is 35.6 Å². The smallest absolute Gasteiger partial charge is 0.335 e. The number of Topliss-reactive ketones (excluding diaryl/α,β-unsaturated/α-hetero) is 1. The predicted molar refractivity (Wildman–Crippen MR) is 145 cm³/mol. The van der Waals surface area contributed by atoms with Gasteiger partial charge in [0, 0.05) is 23.5 Å². The van der Waals surface area contributed by atoms with Gasteiger partial charge in [0.15, 0.2) is 5.78 Å². The van der Waals surface area contributed by atoms with E-state index in [2.05, 4.69) is 21.6 Å². The van der Waals surface area contributed by atoms with Crippen LogP contribution in [0.5, 0.6) is 0 Å². The number of fused-ring (bicyclic) bond motifs is 2. The first-order chi connectivity index (χ1) is 17.8. The molecule has 0 saturated heterocycles. The lowest BCUT2D eigenvalue weighted by Gasteiger charge is -2.20. The summed E-state index contributed by atoms with van der Waals surface area (Å²) in [6.45, 7) is 1.58. The number of anilines is 3. The second kappa shape index (κ2) is 9.91. The van der Waals surface area contributed by atoms with E-state index in [0.717, 1.165) is 35.5 Å². The van der Waals surface area contributed by atoms with Gasteiger partial charge in [0.25, 0.3) is 5.91 Å². The molecule has 0 bridgehead atoms. The largest absolute Gasteiger partial charge is 0.478 e. The van der Waals surface area contributed by atoms with Crippen molar-refractivity contribution in [3.63, 3.8) is 0 Å². The predicted octanol–water partition coefficient (Wildman–Crippen LogP) is 3.81. The summed E-state index contributed by atoms with van der Waals surface area (Å²) in [4.78, 5) is 40.9. The highest BCUT2D eigenvalue weighted by molar-refractivity contribution is 6.37. The minimum Gasteiger partial charge on any atom is -0.478 e. The van der Waals surface area contributed by atoms with E-state index in [4.69, 9.17) is 0 Å². The summed E-state index contributed by atoms with van der Waals surface area (Å²) >= 11 is 0. The Kier molecular flexibility index (Phi) is 6.50. The molecule has 37 heavy (non-hydrogen) atoms. The van der Waals surface area contributed by atoms with Crippen LogP contribution < -0.4 is 15.5 Å². The number of likely N-dealkylation sites (N-methyl/N-ethyl adjacent to an activating group) is 1. The third kappa shape index (κ3) is 4.96. The van der Waals surface area contributed by atoms with Gasteiger partial charge in [0.2, 0.25) is 0 Å². The standard InChI is InChI=1S/C29H28N4O4/c1-32(2)16-22(34)17-33-13-12-19-14-21(9-11-25(19)33)30-27(18-6-4-3-5-7-18)26-23-10-8-20(29(36)37)15-24(23)31-28(26)35/h3-11,14-15,30H,12-13,16-17H2,1-2H3,(H,31,35)(H,36,37)/b27-26-. The number of nitrogens with zero attached hydrogens (tertiary/aromatic N) is 2. The van der Waals surface area contributed by atoms with E-state index in [-0.39, 0.29) is 17.3 Å². The van der Waals surface area contributed by atoms with Crippen molar-refractivity contribution in [1.82, 2.24) is 4.90 Å². The van der Waals surface area contributed by atoms with Crippen LogP contribution >= 0.6 is 0 Å². The molecule has 5 rings (SSSR count). The van der Waals surface area contributed by atoms with Gasteiger partial charge in [-0.05, 0) is 62.0 Å². The average molecular weight is 497 g/mol. The summed E-state index contributed by atoms with van der Waals surface area (Å²) < 4.78 is 0. The van der Waals surface area contributed by atoms with E-state index in [1.54, 1.807) is 6.07 Å². The molecule has 1 amide bonds. The third-order valence-corrected chi connectivity index (χ3v) is 6.52. The molecule has 0 fully saturated rings. The number of carboxylic acid groups (broad SMARTS) is 1. The topological polar surface area (TPSA) is 102 Å². The second-order valence-corrected chi connectivity index (χ2v) is 9.55. The first-order valence-electron chi connectivity index (χ1n) is 12.1. The second-order valence-electron chi connectivity index (χ2n) is 9.55. The molecule has 8 heteroatoms. The number of benzene rings is 3. The number of amides is 1. The summed E-state index contributed by atoms with van der Waals surface area (Å²) in [6.07, 6.45) is 0.832. The van der Waals surface area contributed by atoms with Gasteiger partial charge in [-0.25, -0.2) is 4.79 Å². The Morgan fingerprint density at radius 2 is 1.81 bits per heavy atom. The molecule has 0 saturated carbocycles. The van der Waals surface area contributed by atoms with Gasteiger partial charge in [-0.3, -0.25) is 9.59 Å². The fourth-order valence-corrected chi connectivity index (χ4v) is 4.91. The molecule has 3 aromatic rings. The molecule has 2 heterocycles. The van der Waals surface area contributed by atoms with Crippen molar-refractivity contribution >= 4 is 46.0 Å². The first-order valence-corrected chi connectivity index (χ1v) is 12.1. The summed E-state index contributed by atoms with van der Waals surface area (Å²) in [5.41, 5.74) is 6.18. The first kappa shape index (κ1) is 24.3. The van der Waals surface area contributed by atoms with Crippen molar-refractivity contribution < 1.29 is 19.5 Å². The number of carbonyl (C=O) groups excluding carboxylic acids is 2. The number of nitrogens with one attached hydrogen (secondary N) is 2. The maximum atomic E-state index is 13.1. The fraction of sp³-hybridized carbons (Fsp3) is 0.207. The van der Waals surface area contributed by atoms with Crippen LogP contribution in [0.2, 0.25) is 0 Å². The van der Waals surface area contributed by atoms with Crippen LogP contribution in [0.1, 0.15) is 27.0 Å². The Morgan fingerprint density at radius 1 is 1.03 bits per heavy atom. The Balaban J connectivity index is 1.50. The molecular formula is C29H28N4O4. The highest BCUT2D eigenvalue weighted by atomic mass is 16.4. The summed E-state index contributed by atoms with van der Waals surface area (Å²) in [6, 6.07) is 20.3. The monoisotopic (exact) mass is 496 g/mol. The van der Waals surface area contributed by atoms with Crippen LogP contribution in [0.3, 0.4) is 0 Å². The van der Waals surface area contributed by atoms with Gasteiger partial charge in [0.1, 0.15) is 0 Å². The van der Waals surface area contributed by atoms with Gasteiger partial charge in [-0.1, -0.05) is 36.4 Å². The maximum absolute atomic E-state index is 13.1. The van der Waals surface area contributed by atoms with Crippen molar-refractivity contribution in [2.24, 2.45) is 0 Å². The molecule has 0 aromatic heterocycles. The summed E-state index contributed by atoms with van der Waals surface area (Å²) in [7, 11) is 3.78. The Labute approximate surface area is 215 Å². The molecule has 3 N–H and O–H groups in total. The van der Waals surface area contributed by atoms with Crippen molar-refractivity contribution in [2.45, 2.75) is 6.42 Å². The van der Waals surface area contributed by atoms with E-state index in [1.807, 2.05) is 61.5 Å². The van der Waals surface area contributed by atoms with E-state index in [9.17, 15) is 19.5 Å². The quantitative estimate of drug-likeness (QED) is 0.408. The molecular weight excluding hydrogens is 468 g/mol. The van der Waals surface area contributed by atoms with Crippen molar-refractivity contribution in [1.29, 1.82) is 0 Å². The SMILES string of the molecule is CN(C)CC(=O)CN1CCc2cc(N/C(=C3\C(=O)Nc4cc(C(=O)O)ccc43)c3ccccc3)ccc21. The molecule has 0 spiro atoms. The molecule has 2 aliphatic rings. The number of carboxylic acids is 1. The van der Waals surface area contributed by atoms with Gasteiger partial charge in [-0.15, -0.1) is 0 Å². The van der Waals surface area contributed by atoms with Crippen molar-refractivity contribution in [3.8, 4) is 0 Å². The highest BCUT2D eigenvalue weighted by Gasteiger charge is 2.29. The number of ketones is 1. The molecule has 2 aliphatic heterocycles. The molecule has 0 atom stereocenters. The van der Waals surface area contributed by atoms with Crippen molar-refractivity contribution in [3.05, 3.63) is 89.0 Å². The van der Waals surface area contributed by atoms with E-state index in [1.165, 1.54) is 12.1 Å². The lowest BCUT2D eigenvalue weighted by molar-refractivity contribution is -0.118. The molecule has 8 nitrogen and oxygen atoms in total. The van der Waals surface area contributed by atoms with E-state index in [0.29, 0.717) is 35.6 Å². The van der Waals surface area contributed by atoms with Gasteiger partial charge >= 0.3 is 5.97 Å². The Morgan fingerprint density at radius 3 is 2.54 bits per heavy atom. The van der Waals surface area contributed by atoms with E-state index >= 15 is 0 Å². The normalized spacial score (nSPS) is 15.3. The average Bonchev–Trinajstić information content (AvgIpc) is 3.41. The molecule has 0 unspecified atom stereocenters. The minimum atomic E-state index is -1.05. The summed E-state index contributed by atoms with van der Waals surface area (Å²) in [5, 5.41) is 15.6.